The number of carboxylic acids is 1. The SMILES string of the molecule is CCOC(=O)c1nc(-c2ccc(OC)c(OC)c2)cs1.COc1ccc(-c2csc(C(=O)Nc3cc4ccccc4cn3)n2)cc1OC.COc1ccc(-c2csc(C(=O)O)n2)cc1OC.COc1ccc(C(=O)Br)cc1OC. The van der Waals surface area contributed by atoms with Crippen molar-refractivity contribution < 1.29 is 66.9 Å². The van der Waals surface area contributed by atoms with E-state index >= 15 is 0 Å². The lowest BCUT2D eigenvalue weighted by Gasteiger charge is -2.08. The normalized spacial score (nSPS) is 10.2. The molecule has 79 heavy (non-hydrogen) atoms. The zero-order chi connectivity index (χ0) is 57.0. The number of hydrogen-bond donors (Lipinski definition) is 2. The Bertz CT molecular complexity index is 3550. The van der Waals surface area contributed by atoms with Crippen molar-refractivity contribution in [3.8, 4) is 79.8 Å². The first-order chi connectivity index (χ1) is 38.2. The molecule has 9 rings (SSSR count). The van der Waals surface area contributed by atoms with Gasteiger partial charge in [-0.1, -0.05) is 24.3 Å². The number of halogens is 1. The number of fused-ring (bicyclic) bond motifs is 1. The summed E-state index contributed by atoms with van der Waals surface area (Å²) in [4.78, 5) is 62.9. The second kappa shape index (κ2) is 29.2. The number of pyridine rings is 1. The number of benzene rings is 5. The van der Waals surface area contributed by atoms with Gasteiger partial charge in [-0.2, -0.15) is 0 Å². The van der Waals surface area contributed by atoms with Crippen molar-refractivity contribution in [3.05, 3.63) is 146 Å². The number of anilines is 1. The Balaban J connectivity index is 0.000000177. The van der Waals surface area contributed by atoms with E-state index in [1.807, 2.05) is 77.5 Å². The van der Waals surface area contributed by atoms with Crippen molar-refractivity contribution in [1.29, 1.82) is 0 Å². The molecule has 23 heteroatoms. The predicted octanol–water partition coefficient (Wildman–Crippen LogP) is 12.4. The third-order valence-corrected chi connectivity index (χ3v) is 13.8. The van der Waals surface area contributed by atoms with Crippen LogP contribution in [0.4, 0.5) is 5.82 Å². The molecule has 19 nitrogen and oxygen atoms in total. The number of amides is 1. The van der Waals surface area contributed by atoms with Gasteiger partial charge in [0, 0.05) is 50.0 Å². The number of methoxy groups -OCH3 is 8. The number of carboxylic acid groups (broad SMARTS) is 1. The zero-order valence-corrected chi connectivity index (χ0v) is 48.0. The largest absolute Gasteiger partial charge is 0.493 e. The smallest absolute Gasteiger partial charge is 0.367 e. The van der Waals surface area contributed by atoms with Crippen LogP contribution in [0.2, 0.25) is 0 Å². The van der Waals surface area contributed by atoms with Gasteiger partial charge in [0.15, 0.2) is 51.0 Å². The molecule has 0 saturated heterocycles. The Hall–Kier alpha value is -8.64. The number of aromatic nitrogens is 4. The van der Waals surface area contributed by atoms with Gasteiger partial charge in [-0.05, 0) is 107 Å². The van der Waals surface area contributed by atoms with E-state index in [4.69, 9.17) is 47.7 Å². The van der Waals surface area contributed by atoms with Gasteiger partial charge in [0.05, 0.1) is 80.6 Å². The van der Waals surface area contributed by atoms with E-state index in [9.17, 15) is 19.2 Å². The number of nitrogens with zero attached hydrogens (tertiary/aromatic N) is 4. The van der Waals surface area contributed by atoms with Crippen molar-refractivity contribution in [3.63, 3.8) is 0 Å². The minimum Gasteiger partial charge on any atom is -0.493 e. The highest BCUT2D eigenvalue weighted by Crippen LogP contribution is 2.36. The summed E-state index contributed by atoms with van der Waals surface area (Å²) < 4.78 is 46.1. The van der Waals surface area contributed by atoms with Gasteiger partial charge < -0.3 is 53.1 Å². The topological polar surface area (TPSA) is 235 Å². The van der Waals surface area contributed by atoms with Gasteiger partial charge in [0.2, 0.25) is 14.7 Å². The van der Waals surface area contributed by atoms with E-state index in [1.165, 1.54) is 29.8 Å². The Kier molecular flexibility index (Phi) is 22.0. The molecule has 9 aromatic rings. The Labute approximate surface area is 474 Å². The van der Waals surface area contributed by atoms with Crippen molar-refractivity contribution in [1.82, 2.24) is 19.9 Å². The molecule has 0 aliphatic heterocycles. The molecule has 4 aromatic heterocycles. The monoisotopic (exact) mass is 1190 g/mol. The molecule has 0 bridgehead atoms. The number of rotatable bonds is 17. The van der Waals surface area contributed by atoms with Crippen LogP contribution in [0, 0.1) is 0 Å². The molecule has 0 aliphatic carbocycles. The molecule has 0 fully saturated rings. The van der Waals surface area contributed by atoms with E-state index in [0.717, 1.165) is 38.8 Å². The first-order valence-electron chi connectivity index (χ1n) is 23.2. The van der Waals surface area contributed by atoms with Crippen molar-refractivity contribution in [2.45, 2.75) is 6.92 Å². The van der Waals surface area contributed by atoms with Crippen LogP contribution in [0.3, 0.4) is 0 Å². The fourth-order valence-electron chi connectivity index (χ4n) is 6.97. The molecular weight excluding hydrogens is 1140 g/mol. The average molecular weight is 1200 g/mol. The second-order valence-corrected chi connectivity index (χ2v) is 18.9. The van der Waals surface area contributed by atoms with E-state index < -0.39 is 11.9 Å². The maximum atomic E-state index is 12.6. The van der Waals surface area contributed by atoms with Crippen LogP contribution in [0.15, 0.2) is 125 Å². The third-order valence-electron chi connectivity index (χ3n) is 10.9. The molecular formula is C56H52BrN5O14S3. The number of aromatic carboxylic acids is 1. The number of thiazole rings is 3. The Morgan fingerprint density at radius 1 is 0.506 bits per heavy atom. The van der Waals surface area contributed by atoms with E-state index in [-0.39, 0.29) is 15.6 Å². The first-order valence-corrected chi connectivity index (χ1v) is 26.7. The molecule has 2 N–H and O–H groups in total. The summed E-state index contributed by atoms with van der Waals surface area (Å²) in [5.41, 5.74) is 5.04. The van der Waals surface area contributed by atoms with Crippen LogP contribution in [-0.2, 0) is 4.74 Å². The minimum atomic E-state index is -1.02. The van der Waals surface area contributed by atoms with Crippen LogP contribution in [0.5, 0.6) is 46.0 Å². The fraction of sp³-hybridized carbons (Fsp3) is 0.179. The maximum Gasteiger partial charge on any atom is 0.367 e. The first kappa shape index (κ1) is 59.6. The number of ether oxygens (including phenoxy) is 9. The molecule has 0 aliphatic rings. The highest BCUT2D eigenvalue weighted by Gasteiger charge is 2.18. The lowest BCUT2D eigenvalue weighted by molar-refractivity contribution is 0.0525. The van der Waals surface area contributed by atoms with Crippen LogP contribution in [-0.4, -0.2) is 111 Å². The number of esters is 1. The Morgan fingerprint density at radius 2 is 0.911 bits per heavy atom. The molecule has 410 valence electrons. The van der Waals surface area contributed by atoms with Crippen molar-refractivity contribution in [2.75, 3.05) is 68.8 Å². The van der Waals surface area contributed by atoms with E-state index in [1.54, 1.807) is 105 Å². The lowest BCUT2D eigenvalue weighted by Crippen LogP contribution is -2.12. The molecule has 4 heterocycles. The molecule has 0 spiro atoms. The van der Waals surface area contributed by atoms with Crippen LogP contribution in [0.1, 0.15) is 46.7 Å². The number of nitrogens with one attached hydrogen (secondary N) is 1. The summed E-state index contributed by atoms with van der Waals surface area (Å²) in [6, 6.07) is 31.0. The fourth-order valence-corrected chi connectivity index (χ4v) is 9.32. The van der Waals surface area contributed by atoms with Crippen LogP contribution < -0.4 is 43.2 Å². The maximum absolute atomic E-state index is 12.6. The zero-order valence-electron chi connectivity index (χ0n) is 44.0. The summed E-state index contributed by atoms with van der Waals surface area (Å²) in [5.74, 6) is 3.67. The summed E-state index contributed by atoms with van der Waals surface area (Å²) in [6.07, 6.45) is 1.74. The van der Waals surface area contributed by atoms with Crippen molar-refractivity contribution >= 4 is 89.1 Å². The van der Waals surface area contributed by atoms with E-state index in [2.05, 4.69) is 41.2 Å². The highest BCUT2D eigenvalue weighted by atomic mass is 79.9. The number of hydrogen-bond acceptors (Lipinski definition) is 20. The van der Waals surface area contributed by atoms with Gasteiger partial charge >= 0.3 is 11.9 Å². The van der Waals surface area contributed by atoms with Gasteiger partial charge in [0.1, 0.15) is 5.82 Å². The molecule has 0 radical (unpaired) electrons. The Morgan fingerprint density at radius 3 is 1.34 bits per heavy atom. The number of carbonyl (C=O) groups excluding carboxylic acids is 3. The van der Waals surface area contributed by atoms with Crippen LogP contribution in [0.25, 0.3) is 44.5 Å². The number of carbonyl (C=O) groups is 4. The second-order valence-electron chi connectivity index (χ2n) is 15.6. The highest BCUT2D eigenvalue weighted by molar-refractivity contribution is 9.18. The summed E-state index contributed by atoms with van der Waals surface area (Å²) in [6.45, 7) is 2.10. The lowest BCUT2D eigenvalue weighted by atomic mass is 10.1. The van der Waals surface area contributed by atoms with Crippen LogP contribution >= 0.6 is 49.9 Å². The third kappa shape index (κ3) is 15.7. The predicted molar refractivity (Wildman–Crippen MR) is 307 cm³/mol. The van der Waals surface area contributed by atoms with Crippen molar-refractivity contribution in [2.24, 2.45) is 0 Å². The molecule has 1 amide bonds. The average Bonchev–Trinajstić information content (AvgIpc) is 4.33. The van der Waals surface area contributed by atoms with E-state index in [0.29, 0.717) is 91.1 Å². The molecule has 0 saturated carbocycles. The van der Waals surface area contributed by atoms with Gasteiger partial charge in [0.25, 0.3) is 5.91 Å². The van der Waals surface area contributed by atoms with Gasteiger partial charge in [-0.25, -0.2) is 29.5 Å². The molecule has 0 atom stereocenters. The summed E-state index contributed by atoms with van der Waals surface area (Å²) in [5, 5.41) is 19.8. The molecule has 0 unspecified atom stereocenters. The van der Waals surface area contributed by atoms with Gasteiger partial charge in [-0.3, -0.25) is 9.59 Å². The quantitative estimate of drug-likeness (QED) is 0.0637. The summed E-state index contributed by atoms with van der Waals surface area (Å²) >= 11 is 6.48. The molecule has 5 aromatic carbocycles. The summed E-state index contributed by atoms with van der Waals surface area (Å²) in [7, 11) is 12.5. The minimum absolute atomic E-state index is 0.0692. The standard InChI is InChI=1S/C21H17N3O3S.C14H15NO4S.C12H11NO4S.C9H9BrO3/c1-26-17-8-7-14(9-18(17)27-2)16-12-28-21(23-16)20(25)24-19-10-13-5-3-4-6-15(13)11-22-19;1-4-19-14(16)13-15-10(8-20-13)9-5-6-11(17-2)12(7-9)18-3;1-16-9-4-3-7(5-10(9)17-2)8-6-18-11(13-8)12(14)15;1-12-7-4-3-6(9(10)11)5-8(7)13-2/h3-12H,1-2H3,(H,22,24,25);5-8H,4H2,1-3H3;3-6H,1-2H3,(H,14,15);3-5H,1-2H3. The van der Waals surface area contributed by atoms with Gasteiger partial charge in [-0.15, -0.1) is 34.0 Å².